The number of nitrogens with two attached hydrogens (primary N) is 1. The zero-order valence-corrected chi connectivity index (χ0v) is 13.0. The Morgan fingerprint density at radius 1 is 1.09 bits per heavy atom. The van der Waals surface area contributed by atoms with Crippen LogP contribution in [0.15, 0.2) is 54.6 Å². The van der Waals surface area contributed by atoms with Gasteiger partial charge in [-0.1, -0.05) is 54.1 Å². The van der Waals surface area contributed by atoms with E-state index in [4.69, 9.17) is 17.3 Å². The number of rotatable bonds is 4. The van der Waals surface area contributed by atoms with Gasteiger partial charge < -0.3 is 5.73 Å². The molecule has 0 saturated carbocycles. The first-order valence-corrected chi connectivity index (χ1v) is 7.82. The minimum absolute atomic E-state index is 0.137. The molecule has 0 bridgehead atoms. The lowest BCUT2D eigenvalue weighted by molar-refractivity contribution is -0.121. The Morgan fingerprint density at radius 2 is 1.77 bits per heavy atom. The molecule has 2 atom stereocenters. The van der Waals surface area contributed by atoms with Gasteiger partial charge in [0.1, 0.15) is 0 Å². The van der Waals surface area contributed by atoms with Crippen molar-refractivity contribution < 1.29 is 4.79 Å². The Morgan fingerprint density at radius 3 is 2.41 bits per heavy atom. The quantitative estimate of drug-likeness (QED) is 0.943. The van der Waals surface area contributed by atoms with Crippen LogP contribution in [0.2, 0.25) is 5.02 Å². The minimum Gasteiger partial charge on any atom is -0.369 e. The Bertz CT molecular complexity index is 642. The molecule has 0 aliphatic carbocycles. The van der Waals surface area contributed by atoms with Crippen molar-refractivity contribution in [3.63, 3.8) is 0 Å². The first-order valence-electron chi connectivity index (χ1n) is 7.44. The van der Waals surface area contributed by atoms with Gasteiger partial charge in [-0.05, 0) is 23.3 Å². The number of nitrogens with zero attached hydrogens (tertiary/aromatic N) is 1. The lowest BCUT2D eigenvalue weighted by Crippen LogP contribution is -2.29. The lowest BCUT2D eigenvalue weighted by Gasteiger charge is -2.16. The molecule has 114 valence electrons. The molecule has 22 heavy (non-hydrogen) atoms. The average molecular weight is 315 g/mol. The number of likely N-dealkylation sites (tertiary alicyclic amines) is 1. The maximum absolute atomic E-state index is 11.8. The summed E-state index contributed by atoms with van der Waals surface area (Å²) in [6.07, 6.45) is 0. The Hall–Kier alpha value is -1.84. The van der Waals surface area contributed by atoms with Crippen LogP contribution in [-0.4, -0.2) is 23.9 Å². The zero-order chi connectivity index (χ0) is 15.5. The summed E-state index contributed by atoms with van der Waals surface area (Å²) in [5.74, 6) is -0.237. The number of amides is 1. The van der Waals surface area contributed by atoms with Gasteiger partial charge in [0.25, 0.3) is 0 Å². The molecule has 3 rings (SSSR count). The normalized spacial score (nSPS) is 21.9. The third kappa shape index (κ3) is 3.32. The molecule has 0 aromatic heterocycles. The molecule has 1 saturated heterocycles. The molecule has 1 heterocycles. The molecule has 2 aromatic rings. The second kappa shape index (κ2) is 6.51. The van der Waals surface area contributed by atoms with Gasteiger partial charge in [0.15, 0.2) is 0 Å². The largest absolute Gasteiger partial charge is 0.369 e. The Labute approximate surface area is 135 Å². The second-order valence-corrected chi connectivity index (χ2v) is 6.28. The highest BCUT2D eigenvalue weighted by Gasteiger charge is 2.37. The fourth-order valence-electron chi connectivity index (χ4n) is 3.19. The molecular formula is C18H19ClN2O. The highest BCUT2D eigenvalue weighted by Crippen LogP contribution is 2.33. The summed E-state index contributed by atoms with van der Waals surface area (Å²) in [6, 6.07) is 18.0. The summed E-state index contributed by atoms with van der Waals surface area (Å²) in [5, 5.41) is 0.707. The van der Waals surface area contributed by atoms with Crippen LogP contribution in [-0.2, 0) is 11.3 Å². The fourth-order valence-corrected chi connectivity index (χ4v) is 3.32. The van der Waals surface area contributed by atoms with Crippen molar-refractivity contribution >= 4 is 17.5 Å². The van der Waals surface area contributed by atoms with E-state index in [0.717, 1.165) is 18.7 Å². The first-order chi connectivity index (χ1) is 10.6. The van der Waals surface area contributed by atoms with Crippen molar-refractivity contribution in [3.8, 4) is 0 Å². The molecule has 1 aliphatic rings. The van der Waals surface area contributed by atoms with Crippen LogP contribution in [0.3, 0.4) is 0 Å². The van der Waals surface area contributed by atoms with Crippen LogP contribution in [0, 0.1) is 5.92 Å². The van der Waals surface area contributed by atoms with Crippen LogP contribution < -0.4 is 5.73 Å². The number of benzene rings is 2. The van der Waals surface area contributed by atoms with Crippen molar-refractivity contribution in [1.29, 1.82) is 0 Å². The van der Waals surface area contributed by atoms with Gasteiger partial charge >= 0.3 is 0 Å². The molecule has 4 heteroatoms. The van der Waals surface area contributed by atoms with E-state index in [0.29, 0.717) is 11.6 Å². The van der Waals surface area contributed by atoms with Crippen molar-refractivity contribution in [2.24, 2.45) is 11.7 Å². The van der Waals surface area contributed by atoms with Gasteiger partial charge in [-0.2, -0.15) is 0 Å². The number of hydrogen-bond acceptors (Lipinski definition) is 2. The smallest absolute Gasteiger partial charge is 0.222 e. The molecule has 1 fully saturated rings. The van der Waals surface area contributed by atoms with Crippen LogP contribution >= 0.6 is 11.6 Å². The number of carbonyl (C=O) groups excluding carboxylic acids is 1. The van der Waals surface area contributed by atoms with Crippen molar-refractivity contribution in [3.05, 3.63) is 70.7 Å². The lowest BCUT2D eigenvalue weighted by atomic mass is 9.88. The molecule has 3 nitrogen and oxygen atoms in total. The van der Waals surface area contributed by atoms with Gasteiger partial charge in [0.2, 0.25) is 5.91 Å². The zero-order valence-electron chi connectivity index (χ0n) is 12.3. The monoisotopic (exact) mass is 314 g/mol. The molecule has 1 amide bonds. The van der Waals surface area contributed by atoms with Gasteiger partial charge in [0, 0.05) is 30.6 Å². The van der Waals surface area contributed by atoms with E-state index in [1.807, 2.05) is 42.5 Å². The third-order valence-electron chi connectivity index (χ3n) is 4.31. The van der Waals surface area contributed by atoms with E-state index in [2.05, 4.69) is 17.0 Å². The van der Waals surface area contributed by atoms with E-state index in [1.165, 1.54) is 5.56 Å². The van der Waals surface area contributed by atoms with Crippen LogP contribution in [0.5, 0.6) is 0 Å². The summed E-state index contributed by atoms with van der Waals surface area (Å²) in [6.45, 7) is 2.39. The average Bonchev–Trinajstić information content (AvgIpc) is 2.93. The molecule has 0 radical (unpaired) electrons. The molecule has 2 aromatic carbocycles. The van der Waals surface area contributed by atoms with Gasteiger partial charge in [-0.25, -0.2) is 0 Å². The maximum Gasteiger partial charge on any atom is 0.222 e. The molecule has 0 spiro atoms. The summed E-state index contributed by atoms with van der Waals surface area (Å²) in [5.41, 5.74) is 8.00. The standard InChI is InChI=1S/C18H19ClN2O/c19-15-8-6-14(7-9-15)16-11-21(12-17(16)18(20)22)10-13-4-2-1-3-5-13/h1-9,16-17H,10-12H2,(H2,20,22). The van der Waals surface area contributed by atoms with Crippen LogP contribution in [0.25, 0.3) is 0 Å². The predicted molar refractivity (Wildman–Crippen MR) is 88.6 cm³/mol. The van der Waals surface area contributed by atoms with E-state index >= 15 is 0 Å². The third-order valence-corrected chi connectivity index (χ3v) is 4.56. The van der Waals surface area contributed by atoms with Gasteiger partial charge in [-0.15, -0.1) is 0 Å². The minimum atomic E-state index is -0.226. The summed E-state index contributed by atoms with van der Waals surface area (Å²) < 4.78 is 0. The summed E-state index contributed by atoms with van der Waals surface area (Å²) in [4.78, 5) is 14.1. The SMILES string of the molecule is NC(=O)C1CN(Cc2ccccc2)CC1c1ccc(Cl)cc1. The maximum atomic E-state index is 11.8. The predicted octanol–water partition coefficient (Wildman–Crippen LogP) is 3.04. The topological polar surface area (TPSA) is 46.3 Å². The van der Waals surface area contributed by atoms with Crippen molar-refractivity contribution in [2.75, 3.05) is 13.1 Å². The van der Waals surface area contributed by atoms with Crippen molar-refractivity contribution in [1.82, 2.24) is 4.90 Å². The van der Waals surface area contributed by atoms with E-state index in [9.17, 15) is 4.79 Å². The highest BCUT2D eigenvalue weighted by molar-refractivity contribution is 6.30. The summed E-state index contributed by atoms with van der Waals surface area (Å²) in [7, 11) is 0. The number of primary amides is 1. The van der Waals surface area contributed by atoms with E-state index in [-0.39, 0.29) is 17.7 Å². The molecular weight excluding hydrogens is 296 g/mol. The van der Waals surface area contributed by atoms with E-state index in [1.54, 1.807) is 0 Å². The number of hydrogen-bond donors (Lipinski definition) is 1. The second-order valence-electron chi connectivity index (χ2n) is 5.85. The Kier molecular flexibility index (Phi) is 4.46. The fraction of sp³-hybridized carbons (Fsp3) is 0.278. The highest BCUT2D eigenvalue weighted by atomic mass is 35.5. The molecule has 2 N–H and O–H groups in total. The van der Waals surface area contributed by atoms with Crippen LogP contribution in [0.4, 0.5) is 0 Å². The molecule has 1 aliphatic heterocycles. The van der Waals surface area contributed by atoms with Crippen LogP contribution in [0.1, 0.15) is 17.0 Å². The van der Waals surface area contributed by atoms with E-state index < -0.39 is 0 Å². The van der Waals surface area contributed by atoms with Gasteiger partial charge in [0.05, 0.1) is 5.92 Å². The summed E-state index contributed by atoms with van der Waals surface area (Å²) >= 11 is 5.95. The van der Waals surface area contributed by atoms with Crippen molar-refractivity contribution in [2.45, 2.75) is 12.5 Å². The number of halogens is 1. The first kappa shape index (κ1) is 15.1. The molecule has 2 unspecified atom stereocenters. The number of carbonyl (C=O) groups is 1. The van der Waals surface area contributed by atoms with Gasteiger partial charge in [-0.3, -0.25) is 9.69 Å². The Balaban J connectivity index is 1.77.